The van der Waals surface area contributed by atoms with E-state index in [1.54, 1.807) is 12.1 Å². The van der Waals surface area contributed by atoms with Gasteiger partial charge in [0, 0.05) is 26.1 Å². The molecule has 0 saturated carbocycles. The maximum absolute atomic E-state index is 13.2. The van der Waals surface area contributed by atoms with Crippen LogP contribution in [0.3, 0.4) is 0 Å². The Morgan fingerprint density at radius 1 is 1.25 bits per heavy atom. The van der Waals surface area contributed by atoms with E-state index in [1.807, 2.05) is 18.0 Å². The highest BCUT2D eigenvalue weighted by Gasteiger charge is 2.08. The third-order valence-corrected chi connectivity index (χ3v) is 3.09. The fraction of sp³-hybridized carbons (Fsp3) is 0.333. The van der Waals surface area contributed by atoms with Crippen molar-refractivity contribution in [3.63, 3.8) is 0 Å². The number of rotatable bonds is 5. The van der Waals surface area contributed by atoms with Crippen LogP contribution in [0.1, 0.15) is 24.7 Å². The van der Waals surface area contributed by atoms with E-state index in [9.17, 15) is 4.39 Å². The number of aryl methyl sites for hydroxylation is 1. The lowest BCUT2D eigenvalue weighted by atomic mass is 10.2. The zero-order chi connectivity index (χ0) is 14.5. The summed E-state index contributed by atoms with van der Waals surface area (Å²) >= 11 is 6.02. The van der Waals surface area contributed by atoms with E-state index in [4.69, 9.17) is 11.6 Å². The average molecular weight is 294 g/mol. The van der Waals surface area contributed by atoms with Crippen molar-refractivity contribution in [1.82, 2.24) is 9.97 Å². The van der Waals surface area contributed by atoms with Gasteiger partial charge in [-0.3, -0.25) is 0 Å². The Bertz CT molecular complexity index is 589. The van der Waals surface area contributed by atoms with Crippen LogP contribution < -0.4 is 4.90 Å². The van der Waals surface area contributed by atoms with E-state index in [-0.39, 0.29) is 5.82 Å². The molecule has 0 N–H and O–H groups in total. The first kappa shape index (κ1) is 14.7. The molecule has 0 aliphatic rings. The Morgan fingerprint density at radius 2 is 2.05 bits per heavy atom. The molecule has 0 aliphatic carbocycles. The molecule has 0 atom stereocenters. The van der Waals surface area contributed by atoms with Crippen molar-refractivity contribution in [3.8, 4) is 0 Å². The van der Waals surface area contributed by atoms with Crippen LogP contribution in [0.5, 0.6) is 0 Å². The summed E-state index contributed by atoms with van der Waals surface area (Å²) < 4.78 is 13.2. The molecule has 0 saturated heterocycles. The van der Waals surface area contributed by atoms with Crippen molar-refractivity contribution in [3.05, 3.63) is 52.7 Å². The van der Waals surface area contributed by atoms with Crippen LogP contribution in [0.2, 0.25) is 5.15 Å². The molecule has 3 nitrogen and oxygen atoms in total. The number of hydrogen-bond donors (Lipinski definition) is 0. The number of nitrogens with zero attached hydrogens (tertiary/aromatic N) is 3. The highest BCUT2D eigenvalue weighted by molar-refractivity contribution is 6.29. The molecule has 0 fully saturated rings. The summed E-state index contributed by atoms with van der Waals surface area (Å²) in [4.78, 5) is 10.6. The molecule has 0 spiro atoms. The minimum absolute atomic E-state index is 0.233. The van der Waals surface area contributed by atoms with Gasteiger partial charge < -0.3 is 4.90 Å². The van der Waals surface area contributed by atoms with Gasteiger partial charge in [0.1, 0.15) is 22.6 Å². The second-order valence-electron chi connectivity index (χ2n) is 4.70. The number of halogens is 2. The molecule has 2 aromatic rings. The van der Waals surface area contributed by atoms with Gasteiger partial charge in [-0.15, -0.1) is 0 Å². The summed E-state index contributed by atoms with van der Waals surface area (Å²) in [5.41, 5.74) is 0.888. The lowest BCUT2D eigenvalue weighted by molar-refractivity contribution is 0.625. The summed E-state index contributed by atoms with van der Waals surface area (Å²) in [5, 5.41) is 0.435. The van der Waals surface area contributed by atoms with Crippen LogP contribution in [-0.4, -0.2) is 17.0 Å². The lowest BCUT2D eigenvalue weighted by Crippen LogP contribution is -2.18. The summed E-state index contributed by atoms with van der Waals surface area (Å²) in [5.74, 6) is 1.25. The van der Waals surface area contributed by atoms with E-state index >= 15 is 0 Å². The van der Waals surface area contributed by atoms with E-state index in [0.717, 1.165) is 30.0 Å². The predicted octanol–water partition coefficient (Wildman–Crippen LogP) is 3.86. The monoisotopic (exact) mass is 293 g/mol. The molecule has 1 heterocycles. The van der Waals surface area contributed by atoms with Crippen molar-refractivity contribution in [2.45, 2.75) is 26.3 Å². The van der Waals surface area contributed by atoms with Crippen molar-refractivity contribution < 1.29 is 4.39 Å². The van der Waals surface area contributed by atoms with Gasteiger partial charge in [-0.05, 0) is 24.1 Å². The van der Waals surface area contributed by atoms with Crippen LogP contribution in [-0.2, 0) is 13.0 Å². The molecule has 1 aromatic heterocycles. The van der Waals surface area contributed by atoms with Gasteiger partial charge in [0.15, 0.2) is 0 Å². The molecule has 0 aliphatic heterocycles. The quantitative estimate of drug-likeness (QED) is 0.784. The van der Waals surface area contributed by atoms with Gasteiger partial charge in [0.25, 0.3) is 0 Å². The van der Waals surface area contributed by atoms with Crippen LogP contribution >= 0.6 is 11.6 Å². The van der Waals surface area contributed by atoms with Gasteiger partial charge >= 0.3 is 0 Å². The average Bonchev–Trinajstić information content (AvgIpc) is 2.38. The first-order valence-electron chi connectivity index (χ1n) is 6.57. The van der Waals surface area contributed by atoms with Gasteiger partial charge in [0.05, 0.1) is 0 Å². The van der Waals surface area contributed by atoms with Crippen molar-refractivity contribution in [2.75, 3.05) is 11.9 Å². The minimum atomic E-state index is -0.233. The molecule has 20 heavy (non-hydrogen) atoms. The lowest BCUT2D eigenvalue weighted by Gasteiger charge is -2.19. The maximum Gasteiger partial charge on any atom is 0.134 e. The van der Waals surface area contributed by atoms with E-state index in [2.05, 4.69) is 16.9 Å². The largest absolute Gasteiger partial charge is 0.355 e. The summed E-state index contributed by atoms with van der Waals surface area (Å²) in [6, 6.07) is 8.26. The summed E-state index contributed by atoms with van der Waals surface area (Å²) in [6.45, 7) is 2.64. The van der Waals surface area contributed by atoms with Gasteiger partial charge in [-0.2, -0.15) is 0 Å². The number of benzene rings is 1. The number of anilines is 1. The Labute approximate surface area is 123 Å². The van der Waals surface area contributed by atoms with Crippen LogP contribution in [0.25, 0.3) is 0 Å². The predicted molar refractivity (Wildman–Crippen MR) is 79.5 cm³/mol. The minimum Gasteiger partial charge on any atom is -0.355 e. The second kappa shape index (κ2) is 6.66. The molecule has 0 unspecified atom stereocenters. The van der Waals surface area contributed by atoms with Crippen LogP contribution in [0.4, 0.5) is 10.2 Å². The van der Waals surface area contributed by atoms with Crippen molar-refractivity contribution in [1.29, 1.82) is 0 Å². The zero-order valence-corrected chi connectivity index (χ0v) is 12.4. The molecule has 1 aromatic carbocycles. The Morgan fingerprint density at radius 3 is 2.75 bits per heavy atom. The molecule has 106 valence electrons. The van der Waals surface area contributed by atoms with Crippen molar-refractivity contribution in [2.24, 2.45) is 0 Å². The molecular formula is C15H17ClFN3. The van der Waals surface area contributed by atoms with Crippen LogP contribution in [0, 0.1) is 5.82 Å². The second-order valence-corrected chi connectivity index (χ2v) is 5.09. The molecule has 5 heteroatoms. The summed E-state index contributed by atoms with van der Waals surface area (Å²) in [7, 11) is 1.90. The first-order valence-corrected chi connectivity index (χ1v) is 6.95. The zero-order valence-electron chi connectivity index (χ0n) is 11.6. The van der Waals surface area contributed by atoms with Crippen LogP contribution in [0.15, 0.2) is 30.3 Å². The Balaban J connectivity index is 2.18. The standard InChI is InChI=1S/C15H17ClFN3/c1-3-5-14-18-13(16)9-15(19-14)20(2)10-11-6-4-7-12(17)8-11/h4,6-9H,3,5,10H2,1-2H3. The maximum atomic E-state index is 13.2. The highest BCUT2D eigenvalue weighted by atomic mass is 35.5. The SMILES string of the molecule is CCCc1nc(Cl)cc(N(C)Cc2cccc(F)c2)n1. The van der Waals surface area contributed by atoms with Crippen molar-refractivity contribution >= 4 is 17.4 Å². The normalized spacial score (nSPS) is 10.6. The first-order chi connectivity index (χ1) is 9.58. The third-order valence-electron chi connectivity index (χ3n) is 2.90. The topological polar surface area (TPSA) is 29.0 Å². The molecule has 0 bridgehead atoms. The van der Waals surface area contributed by atoms with E-state index < -0.39 is 0 Å². The molecular weight excluding hydrogens is 277 g/mol. The smallest absolute Gasteiger partial charge is 0.134 e. The third kappa shape index (κ3) is 3.90. The summed E-state index contributed by atoms with van der Waals surface area (Å²) in [6.07, 6.45) is 1.76. The number of hydrogen-bond acceptors (Lipinski definition) is 3. The molecule has 2 rings (SSSR count). The fourth-order valence-corrected chi connectivity index (χ4v) is 2.17. The Hall–Kier alpha value is -1.68. The van der Waals surface area contributed by atoms with Gasteiger partial charge in [-0.25, -0.2) is 14.4 Å². The van der Waals surface area contributed by atoms with Gasteiger partial charge in [-0.1, -0.05) is 30.7 Å². The Kier molecular flexibility index (Phi) is 4.90. The molecule has 0 radical (unpaired) electrons. The fourth-order valence-electron chi connectivity index (χ4n) is 1.97. The van der Waals surface area contributed by atoms with E-state index in [0.29, 0.717) is 11.7 Å². The molecule has 0 amide bonds. The number of aromatic nitrogens is 2. The van der Waals surface area contributed by atoms with E-state index in [1.165, 1.54) is 12.1 Å². The highest BCUT2D eigenvalue weighted by Crippen LogP contribution is 2.18. The van der Waals surface area contributed by atoms with Gasteiger partial charge in [0.2, 0.25) is 0 Å².